The zero-order valence-electron chi connectivity index (χ0n) is 8.02. The molecule has 1 heteroatoms. The van der Waals surface area contributed by atoms with E-state index in [1.165, 1.54) is 13.0 Å². The first-order valence-corrected chi connectivity index (χ1v) is 4.17. The van der Waals surface area contributed by atoms with Crippen LogP contribution in [0.1, 0.15) is 27.2 Å². The maximum absolute atomic E-state index is 2.32. The van der Waals surface area contributed by atoms with Crippen LogP contribution in [0.5, 0.6) is 0 Å². The molecule has 0 aliphatic rings. The molecule has 0 saturated carbocycles. The van der Waals surface area contributed by atoms with Gasteiger partial charge in [0.25, 0.3) is 0 Å². The molecule has 62 valence electrons. The van der Waals surface area contributed by atoms with Crippen molar-refractivity contribution in [1.29, 1.82) is 0 Å². The Hall–Kier alpha value is -0.0400. The van der Waals surface area contributed by atoms with Crippen molar-refractivity contribution < 1.29 is 0 Å². The lowest BCUT2D eigenvalue weighted by atomic mass is 9.99. The summed E-state index contributed by atoms with van der Waals surface area (Å²) < 4.78 is 0. The Morgan fingerprint density at radius 1 is 1.10 bits per heavy atom. The molecule has 0 heterocycles. The average molecular weight is 143 g/mol. The monoisotopic (exact) mass is 143 g/mol. The summed E-state index contributed by atoms with van der Waals surface area (Å²) in [5.41, 5.74) is 0. The van der Waals surface area contributed by atoms with Crippen molar-refractivity contribution in [3.63, 3.8) is 0 Å². The van der Waals surface area contributed by atoms with Crippen molar-refractivity contribution in [3.05, 3.63) is 0 Å². The van der Waals surface area contributed by atoms with E-state index < -0.39 is 0 Å². The Morgan fingerprint density at radius 2 is 1.60 bits per heavy atom. The summed E-state index contributed by atoms with van der Waals surface area (Å²) in [5, 5.41) is 0. The fourth-order valence-electron chi connectivity index (χ4n) is 1.50. The standard InChI is InChI=1S/C9H21N/c1-8(2)6-9(3)7-10(4)5/h8-9H,6-7H2,1-5H3. The largest absolute Gasteiger partial charge is 0.309 e. The SMILES string of the molecule is CC(C)CC(C)CN(C)C. The Kier molecular flexibility index (Phi) is 4.71. The van der Waals surface area contributed by atoms with Gasteiger partial charge in [0.05, 0.1) is 0 Å². The Morgan fingerprint density at radius 3 is 1.90 bits per heavy atom. The molecule has 0 N–H and O–H groups in total. The van der Waals surface area contributed by atoms with Gasteiger partial charge in [-0.3, -0.25) is 0 Å². The summed E-state index contributed by atoms with van der Waals surface area (Å²) in [4.78, 5) is 2.26. The molecule has 1 atom stereocenters. The van der Waals surface area contributed by atoms with Crippen LogP contribution in [-0.2, 0) is 0 Å². The van der Waals surface area contributed by atoms with Gasteiger partial charge in [-0.1, -0.05) is 20.8 Å². The van der Waals surface area contributed by atoms with Gasteiger partial charge < -0.3 is 4.90 Å². The topological polar surface area (TPSA) is 3.24 Å². The van der Waals surface area contributed by atoms with Crippen LogP contribution in [0.25, 0.3) is 0 Å². The lowest BCUT2D eigenvalue weighted by Gasteiger charge is -2.18. The highest BCUT2D eigenvalue weighted by molar-refractivity contribution is 4.58. The molecular weight excluding hydrogens is 122 g/mol. The van der Waals surface area contributed by atoms with E-state index >= 15 is 0 Å². The molecule has 0 aromatic heterocycles. The highest BCUT2D eigenvalue weighted by atomic mass is 15.1. The van der Waals surface area contributed by atoms with Crippen LogP contribution in [0.2, 0.25) is 0 Å². The van der Waals surface area contributed by atoms with Gasteiger partial charge in [0.15, 0.2) is 0 Å². The third-order valence-corrected chi connectivity index (χ3v) is 1.55. The Labute approximate surface area is 65.4 Å². The summed E-state index contributed by atoms with van der Waals surface area (Å²) in [6.07, 6.45) is 1.35. The van der Waals surface area contributed by atoms with E-state index in [0.29, 0.717) is 0 Å². The van der Waals surface area contributed by atoms with Gasteiger partial charge in [0.1, 0.15) is 0 Å². The lowest BCUT2D eigenvalue weighted by Crippen LogP contribution is -2.20. The number of nitrogens with zero attached hydrogens (tertiary/aromatic N) is 1. The van der Waals surface area contributed by atoms with Crippen LogP contribution in [-0.4, -0.2) is 25.5 Å². The van der Waals surface area contributed by atoms with E-state index in [4.69, 9.17) is 0 Å². The Bertz CT molecular complexity index is 66.8. The van der Waals surface area contributed by atoms with Gasteiger partial charge in [-0.25, -0.2) is 0 Å². The van der Waals surface area contributed by atoms with E-state index in [1.54, 1.807) is 0 Å². The minimum Gasteiger partial charge on any atom is -0.309 e. The predicted octanol–water partition coefficient (Wildman–Crippen LogP) is 2.23. The van der Waals surface area contributed by atoms with E-state index in [2.05, 4.69) is 39.8 Å². The van der Waals surface area contributed by atoms with Crippen LogP contribution >= 0.6 is 0 Å². The van der Waals surface area contributed by atoms with Crippen LogP contribution in [0.4, 0.5) is 0 Å². The van der Waals surface area contributed by atoms with Crippen molar-refractivity contribution in [3.8, 4) is 0 Å². The fourth-order valence-corrected chi connectivity index (χ4v) is 1.50. The van der Waals surface area contributed by atoms with E-state index in [0.717, 1.165) is 11.8 Å². The van der Waals surface area contributed by atoms with Crippen molar-refractivity contribution in [2.24, 2.45) is 11.8 Å². The maximum atomic E-state index is 2.32. The zero-order chi connectivity index (χ0) is 8.15. The molecule has 1 unspecified atom stereocenters. The molecule has 0 aromatic rings. The normalized spacial score (nSPS) is 14.7. The first-order valence-electron chi connectivity index (χ1n) is 4.17. The molecule has 0 amide bonds. The summed E-state index contributed by atoms with van der Waals surface area (Å²) >= 11 is 0. The highest BCUT2D eigenvalue weighted by Gasteiger charge is 2.04. The van der Waals surface area contributed by atoms with Crippen molar-refractivity contribution in [2.75, 3.05) is 20.6 Å². The van der Waals surface area contributed by atoms with Gasteiger partial charge in [0.2, 0.25) is 0 Å². The summed E-state index contributed by atoms with van der Waals surface area (Å²) in [5.74, 6) is 1.69. The van der Waals surface area contributed by atoms with E-state index in [1.807, 2.05) is 0 Å². The third-order valence-electron chi connectivity index (χ3n) is 1.55. The predicted molar refractivity (Wildman–Crippen MR) is 47.2 cm³/mol. The van der Waals surface area contributed by atoms with Crippen molar-refractivity contribution in [2.45, 2.75) is 27.2 Å². The summed E-state index contributed by atoms with van der Waals surface area (Å²) in [6.45, 7) is 8.11. The third kappa shape index (κ3) is 6.09. The lowest BCUT2D eigenvalue weighted by molar-refractivity contribution is 0.306. The first kappa shape index (κ1) is 9.96. The van der Waals surface area contributed by atoms with Crippen molar-refractivity contribution in [1.82, 2.24) is 4.90 Å². The molecular formula is C9H21N. The zero-order valence-corrected chi connectivity index (χ0v) is 8.02. The average Bonchev–Trinajstić information content (AvgIpc) is 1.58. The second-order valence-corrected chi connectivity index (χ2v) is 4.00. The van der Waals surface area contributed by atoms with E-state index in [-0.39, 0.29) is 0 Å². The summed E-state index contributed by atoms with van der Waals surface area (Å²) in [6, 6.07) is 0. The maximum Gasteiger partial charge on any atom is 0.000102 e. The number of hydrogen-bond acceptors (Lipinski definition) is 1. The van der Waals surface area contributed by atoms with Gasteiger partial charge in [-0.2, -0.15) is 0 Å². The molecule has 1 nitrogen and oxygen atoms in total. The molecule has 0 saturated heterocycles. The highest BCUT2D eigenvalue weighted by Crippen LogP contribution is 2.10. The molecule has 0 aromatic carbocycles. The van der Waals surface area contributed by atoms with Gasteiger partial charge >= 0.3 is 0 Å². The Balaban J connectivity index is 3.34. The van der Waals surface area contributed by atoms with Crippen LogP contribution < -0.4 is 0 Å². The van der Waals surface area contributed by atoms with Gasteiger partial charge in [-0.05, 0) is 32.4 Å². The first-order chi connectivity index (χ1) is 4.52. The molecule has 0 bridgehead atoms. The van der Waals surface area contributed by atoms with Gasteiger partial charge in [0, 0.05) is 6.54 Å². The quantitative estimate of drug-likeness (QED) is 0.583. The van der Waals surface area contributed by atoms with Crippen LogP contribution in [0.3, 0.4) is 0 Å². The fraction of sp³-hybridized carbons (Fsp3) is 1.00. The molecule has 10 heavy (non-hydrogen) atoms. The molecule has 0 rings (SSSR count). The molecule has 0 aliphatic heterocycles. The van der Waals surface area contributed by atoms with Crippen molar-refractivity contribution >= 4 is 0 Å². The number of rotatable bonds is 4. The molecule has 0 spiro atoms. The van der Waals surface area contributed by atoms with Crippen LogP contribution in [0.15, 0.2) is 0 Å². The second-order valence-electron chi connectivity index (χ2n) is 4.00. The number of hydrogen-bond donors (Lipinski definition) is 0. The minimum atomic E-state index is 0.843. The van der Waals surface area contributed by atoms with Crippen LogP contribution in [0, 0.1) is 11.8 Å². The second kappa shape index (κ2) is 4.73. The smallest absolute Gasteiger partial charge is 0.000102 e. The summed E-state index contributed by atoms with van der Waals surface area (Å²) in [7, 11) is 4.27. The molecule has 0 fully saturated rings. The molecule has 0 aliphatic carbocycles. The van der Waals surface area contributed by atoms with E-state index in [9.17, 15) is 0 Å². The van der Waals surface area contributed by atoms with Gasteiger partial charge in [-0.15, -0.1) is 0 Å². The minimum absolute atomic E-state index is 0.843. The molecule has 0 radical (unpaired) electrons.